The Balaban J connectivity index is 2.09. The highest BCUT2D eigenvalue weighted by atomic mass is 16.6. The Labute approximate surface area is 94.4 Å². The van der Waals surface area contributed by atoms with Crippen molar-refractivity contribution >= 4 is 6.29 Å². The molecule has 0 saturated heterocycles. The van der Waals surface area contributed by atoms with E-state index in [1.54, 1.807) is 0 Å². The molecule has 1 fully saturated rings. The number of fused-ring (bicyclic) bond motifs is 1. The van der Waals surface area contributed by atoms with Crippen molar-refractivity contribution in [1.82, 2.24) is 0 Å². The summed E-state index contributed by atoms with van der Waals surface area (Å²) in [6.45, 7) is 3.21. The van der Waals surface area contributed by atoms with Gasteiger partial charge in [0.25, 0.3) is 0 Å². The van der Waals surface area contributed by atoms with Gasteiger partial charge in [-0.1, -0.05) is 0 Å². The van der Waals surface area contributed by atoms with Gasteiger partial charge in [0.15, 0.2) is 11.5 Å². The summed E-state index contributed by atoms with van der Waals surface area (Å²) in [5.41, 5.74) is 1.99. The predicted molar refractivity (Wildman–Crippen MR) is 59.1 cm³/mol. The van der Waals surface area contributed by atoms with Crippen molar-refractivity contribution in [3.63, 3.8) is 0 Å². The SMILES string of the molecule is Cc1cc2c(cc1C1(C=O)CC1)OCCO2. The lowest BCUT2D eigenvalue weighted by Gasteiger charge is -2.21. The first kappa shape index (κ1) is 9.70. The van der Waals surface area contributed by atoms with E-state index in [-0.39, 0.29) is 5.41 Å². The van der Waals surface area contributed by atoms with E-state index >= 15 is 0 Å². The van der Waals surface area contributed by atoms with Gasteiger partial charge in [0.1, 0.15) is 19.5 Å². The molecule has 0 aromatic heterocycles. The largest absolute Gasteiger partial charge is 0.486 e. The fourth-order valence-corrected chi connectivity index (χ4v) is 2.31. The first-order chi connectivity index (χ1) is 7.75. The van der Waals surface area contributed by atoms with E-state index in [4.69, 9.17) is 9.47 Å². The zero-order valence-electron chi connectivity index (χ0n) is 9.29. The third-order valence-electron chi connectivity index (χ3n) is 3.44. The number of carbonyl (C=O) groups excluding carboxylic acids is 1. The van der Waals surface area contributed by atoms with Crippen LogP contribution in [0.1, 0.15) is 24.0 Å². The Morgan fingerprint density at radius 1 is 1.19 bits per heavy atom. The molecule has 1 aliphatic heterocycles. The van der Waals surface area contributed by atoms with Gasteiger partial charge in [0.05, 0.1) is 5.41 Å². The zero-order valence-corrected chi connectivity index (χ0v) is 9.29. The average molecular weight is 218 g/mol. The molecular weight excluding hydrogens is 204 g/mol. The molecule has 0 N–H and O–H groups in total. The van der Waals surface area contributed by atoms with Gasteiger partial charge in [0, 0.05) is 0 Å². The van der Waals surface area contributed by atoms with Crippen LogP contribution in [0.15, 0.2) is 12.1 Å². The minimum atomic E-state index is -0.236. The number of benzene rings is 1. The van der Waals surface area contributed by atoms with Crippen LogP contribution in [-0.4, -0.2) is 19.5 Å². The van der Waals surface area contributed by atoms with Gasteiger partial charge in [-0.2, -0.15) is 0 Å². The predicted octanol–water partition coefficient (Wildman–Crippen LogP) is 2.00. The van der Waals surface area contributed by atoms with Crippen LogP contribution in [0.5, 0.6) is 11.5 Å². The Kier molecular flexibility index (Phi) is 1.96. The summed E-state index contributed by atoms with van der Waals surface area (Å²) in [6.07, 6.45) is 2.99. The van der Waals surface area contributed by atoms with Crippen LogP contribution in [0.4, 0.5) is 0 Å². The normalized spacial score (nSPS) is 20.3. The Morgan fingerprint density at radius 3 is 2.38 bits per heavy atom. The minimum Gasteiger partial charge on any atom is -0.486 e. The van der Waals surface area contributed by atoms with Crippen LogP contribution >= 0.6 is 0 Å². The number of aryl methyl sites for hydroxylation is 1. The van der Waals surface area contributed by atoms with Crippen LogP contribution in [-0.2, 0) is 10.2 Å². The number of carbonyl (C=O) groups is 1. The van der Waals surface area contributed by atoms with E-state index in [0.717, 1.165) is 41.8 Å². The van der Waals surface area contributed by atoms with Crippen molar-refractivity contribution in [2.75, 3.05) is 13.2 Å². The van der Waals surface area contributed by atoms with Crippen molar-refractivity contribution in [1.29, 1.82) is 0 Å². The lowest BCUT2D eigenvalue weighted by atomic mass is 9.92. The summed E-state index contributed by atoms with van der Waals surface area (Å²) >= 11 is 0. The number of aldehydes is 1. The number of ether oxygens (including phenoxy) is 2. The van der Waals surface area contributed by atoms with E-state index in [0.29, 0.717) is 13.2 Å². The molecule has 16 heavy (non-hydrogen) atoms. The molecule has 1 aromatic rings. The van der Waals surface area contributed by atoms with Crippen LogP contribution in [0.3, 0.4) is 0 Å². The van der Waals surface area contributed by atoms with E-state index in [2.05, 4.69) is 0 Å². The first-order valence-electron chi connectivity index (χ1n) is 5.62. The second-order valence-electron chi connectivity index (χ2n) is 4.58. The molecule has 1 aromatic carbocycles. The van der Waals surface area contributed by atoms with Crippen molar-refractivity contribution in [2.45, 2.75) is 25.2 Å². The first-order valence-corrected chi connectivity index (χ1v) is 5.62. The molecule has 1 heterocycles. The minimum absolute atomic E-state index is 0.236. The molecule has 1 aliphatic carbocycles. The molecule has 3 nitrogen and oxygen atoms in total. The highest BCUT2D eigenvalue weighted by molar-refractivity contribution is 5.75. The third kappa shape index (κ3) is 1.31. The van der Waals surface area contributed by atoms with Crippen molar-refractivity contribution < 1.29 is 14.3 Å². The summed E-state index contributed by atoms with van der Waals surface area (Å²) in [5.74, 6) is 1.58. The van der Waals surface area contributed by atoms with Crippen LogP contribution in [0, 0.1) is 6.92 Å². The third-order valence-corrected chi connectivity index (χ3v) is 3.44. The Morgan fingerprint density at radius 2 is 1.81 bits per heavy atom. The average Bonchev–Trinajstić information content (AvgIpc) is 3.09. The Bertz CT molecular complexity index is 447. The monoisotopic (exact) mass is 218 g/mol. The summed E-state index contributed by atoms with van der Waals surface area (Å²) in [5, 5.41) is 0. The molecule has 3 heteroatoms. The summed E-state index contributed by atoms with van der Waals surface area (Å²) in [4.78, 5) is 11.1. The zero-order chi connectivity index (χ0) is 11.2. The molecule has 2 aliphatic rings. The fourth-order valence-electron chi connectivity index (χ4n) is 2.31. The van der Waals surface area contributed by atoms with Gasteiger partial charge in [0.2, 0.25) is 0 Å². The second kappa shape index (κ2) is 3.24. The van der Waals surface area contributed by atoms with Crippen LogP contribution in [0.25, 0.3) is 0 Å². The van der Waals surface area contributed by atoms with Gasteiger partial charge in [-0.3, -0.25) is 0 Å². The standard InChI is InChI=1S/C13H14O3/c1-9-6-11-12(16-5-4-15-11)7-10(9)13(8-14)2-3-13/h6-8H,2-5H2,1H3. The van der Waals surface area contributed by atoms with E-state index in [1.165, 1.54) is 0 Å². The molecule has 1 saturated carbocycles. The van der Waals surface area contributed by atoms with Gasteiger partial charge >= 0.3 is 0 Å². The van der Waals surface area contributed by atoms with Gasteiger partial charge < -0.3 is 14.3 Å². The van der Waals surface area contributed by atoms with Crippen molar-refractivity contribution in [3.05, 3.63) is 23.3 Å². The highest BCUT2D eigenvalue weighted by Gasteiger charge is 2.45. The molecule has 0 unspecified atom stereocenters. The molecule has 0 spiro atoms. The molecule has 0 atom stereocenters. The van der Waals surface area contributed by atoms with Gasteiger partial charge in [-0.15, -0.1) is 0 Å². The summed E-state index contributed by atoms with van der Waals surface area (Å²) < 4.78 is 11.1. The molecular formula is C13H14O3. The molecule has 0 radical (unpaired) electrons. The maximum atomic E-state index is 11.1. The second-order valence-corrected chi connectivity index (χ2v) is 4.58. The van der Waals surface area contributed by atoms with Crippen LogP contribution in [0.2, 0.25) is 0 Å². The maximum Gasteiger partial charge on any atom is 0.161 e. The molecule has 0 amide bonds. The lowest BCUT2D eigenvalue weighted by Crippen LogP contribution is -2.17. The number of hydrogen-bond donors (Lipinski definition) is 0. The summed E-state index contributed by atoms with van der Waals surface area (Å²) in [7, 11) is 0. The van der Waals surface area contributed by atoms with E-state index < -0.39 is 0 Å². The lowest BCUT2D eigenvalue weighted by molar-refractivity contribution is -0.109. The number of rotatable bonds is 2. The molecule has 84 valence electrons. The Hall–Kier alpha value is -1.51. The van der Waals surface area contributed by atoms with Crippen LogP contribution < -0.4 is 9.47 Å². The quantitative estimate of drug-likeness (QED) is 0.712. The summed E-state index contributed by atoms with van der Waals surface area (Å²) in [6, 6.07) is 3.96. The smallest absolute Gasteiger partial charge is 0.161 e. The maximum absolute atomic E-state index is 11.1. The van der Waals surface area contributed by atoms with Gasteiger partial charge in [-0.25, -0.2) is 0 Å². The van der Waals surface area contributed by atoms with Crippen molar-refractivity contribution in [3.8, 4) is 11.5 Å². The van der Waals surface area contributed by atoms with E-state index in [1.807, 2.05) is 19.1 Å². The van der Waals surface area contributed by atoms with Gasteiger partial charge in [-0.05, 0) is 43.0 Å². The molecule has 0 bridgehead atoms. The van der Waals surface area contributed by atoms with E-state index in [9.17, 15) is 4.79 Å². The number of hydrogen-bond acceptors (Lipinski definition) is 3. The topological polar surface area (TPSA) is 35.5 Å². The fraction of sp³-hybridized carbons (Fsp3) is 0.462. The molecule has 3 rings (SSSR count). The van der Waals surface area contributed by atoms with Crippen molar-refractivity contribution in [2.24, 2.45) is 0 Å². The highest BCUT2D eigenvalue weighted by Crippen LogP contribution is 2.49.